The number of aromatic amines is 2. The number of ether oxygens (including phenoxy) is 1. The second-order valence-electron chi connectivity index (χ2n) is 8.98. The molecule has 0 aliphatic carbocycles. The molecule has 2 N–H and O–H groups in total. The fraction of sp³-hybridized carbons (Fsp3) is 0.222. The molecule has 1 aliphatic heterocycles. The number of aromatic nitrogens is 5. The van der Waals surface area contributed by atoms with Crippen LogP contribution in [0.4, 0.5) is 5.82 Å². The van der Waals surface area contributed by atoms with E-state index in [0.717, 1.165) is 28.0 Å². The highest BCUT2D eigenvalue weighted by Crippen LogP contribution is 2.25. The van der Waals surface area contributed by atoms with Crippen molar-refractivity contribution in [1.29, 1.82) is 0 Å². The molecule has 1 saturated heterocycles. The van der Waals surface area contributed by atoms with Crippen LogP contribution in [0.3, 0.4) is 0 Å². The van der Waals surface area contributed by atoms with Crippen molar-refractivity contribution in [2.75, 3.05) is 38.2 Å². The van der Waals surface area contributed by atoms with Crippen LogP contribution in [0.25, 0.3) is 21.9 Å². The van der Waals surface area contributed by atoms with Gasteiger partial charge in [0.05, 0.1) is 35.6 Å². The lowest BCUT2D eigenvalue weighted by Crippen LogP contribution is -2.49. The van der Waals surface area contributed by atoms with E-state index >= 15 is 0 Å². The van der Waals surface area contributed by atoms with E-state index in [2.05, 4.69) is 30.0 Å². The normalized spacial score (nSPS) is 13.9. The third kappa shape index (κ3) is 4.26. The van der Waals surface area contributed by atoms with Crippen LogP contribution < -0.4 is 15.2 Å². The Morgan fingerprint density at radius 1 is 1.03 bits per heavy atom. The first-order chi connectivity index (χ1) is 18.1. The number of H-pyrrole nitrogens is 2. The molecular formula is C27H25N7O3. The molecule has 2 aromatic carbocycles. The van der Waals surface area contributed by atoms with Gasteiger partial charge < -0.3 is 19.5 Å². The van der Waals surface area contributed by atoms with Gasteiger partial charge in [-0.25, -0.2) is 15.1 Å². The number of nitrogens with zero attached hydrogens (tertiary/aromatic N) is 5. The Morgan fingerprint density at radius 2 is 1.84 bits per heavy atom. The summed E-state index contributed by atoms with van der Waals surface area (Å²) in [5.74, 6) is 1.31. The van der Waals surface area contributed by atoms with Gasteiger partial charge in [-0.3, -0.25) is 9.59 Å². The number of piperazine rings is 1. The number of methoxy groups -OCH3 is 1. The van der Waals surface area contributed by atoms with Gasteiger partial charge in [0.1, 0.15) is 11.6 Å². The average Bonchev–Trinajstić information content (AvgIpc) is 3.42. The van der Waals surface area contributed by atoms with Gasteiger partial charge >= 0.3 is 0 Å². The van der Waals surface area contributed by atoms with Crippen molar-refractivity contribution in [3.8, 4) is 5.75 Å². The molecule has 3 aromatic heterocycles. The molecule has 4 heterocycles. The minimum Gasteiger partial charge on any atom is -0.496 e. The predicted molar refractivity (Wildman–Crippen MR) is 140 cm³/mol. The molecule has 0 saturated carbocycles. The Morgan fingerprint density at radius 3 is 2.65 bits per heavy atom. The number of amides is 1. The monoisotopic (exact) mass is 495 g/mol. The topological polar surface area (TPSA) is 120 Å². The van der Waals surface area contributed by atoms with Gasteiger partial charge in [0.25, 0.3) is 11.5 Å². The minimum absolute atomic E-state index is 0.0756. The van der Waals surface area contributed by atoms with E-state index in [4.69, 9.17) is 4.74 Å². The summed E-state index contributed by atoms with van der Waals surface area (Å²) in [5.41, 5.74) is 3.52. The Kier molecular flexibility index (Phi) is 5.76. The number of imidazole rings is 1. The summed E-state index contributed by atoms with van der Waals surface area (Å²) in [7, 11) is 1.57. The van der Waals surface area contributed by atoms with Gasteiger partial charge in [-0.05, 0) is 35.9 Å². The van der Waals surface area contributed by atoms with E-state index in [-0.39, 0.29) is 11.5 Å². The lowest BCUT2D eigenvalue weighted by molar-refractivity contribution is 0.0743. The van der Waals surface area contributed by atoms with Gasteiger partial charge in [-0.15, -0.1) is 0 Å². The van der Waals surface area contributed by atoms with Crippen LogP contribution in [0.1, 0.15) is 21.6 Å². The maximum atomic E-state index is 13.6. The van der Waals surface area contributed by atoms with E-state index < -0.39 is 0 Å². The lowest BCUT2D eigenvalue weighted by Gasteiger charge is -2.35. The average molecular weight is 496 g/mol. The first kappa shape index (κ1) is 22.7. The molecule has 0 atom stereocenters. The first-order valence-electron chi connectivity index (χ1n) is 12.1. The van der Waals surface area contributed by atoms with Gasteiger partial charge in [-0.2, -0.15) is 5.10 Å². The molecule has 0 spiro atoms. The van der Waals surface area contributed by atoms with Crippen LogP contribution in [0.2, 0.25) is 0 Å². The summed E-state index contributed by atoms with van der Waals surface area (Å²) in [6, 6.07) is 16.9. The molecule has 186 valence electrons. The van der Waals surface area contributed by atoms with Gasteiger partial charge in [0.2, 0.25) is 0 Å². The molecule has 5 aromatic rings. The number of hydrogen-bond acceptors (Lipinski definition) is 7. The Labute approximate surface area is 211 Å². The van der Waals surface area contributed by atoms with Crippen LogP contribution in [0.5, 0.6) is 5.75 Å². The Bertz CT molecular complexity index is 1670. The molecule has 10 nitrogen and oxygen atoms in total. The Balaban J connectivity index is 1.21. The molecule has 0 radical (unpaired) electrons. The van der Waals surface area contributed by atoms with Crippen molar-refractivity contribution in [2.24, 2.45) is 0 Å². The van der Waals surface area contributed by atoms with Crippen molar-refractivity contribution >= 4 is 33.7 Å². The molecule has 0 bridgehead atoms. The fourth-order valence-electron chi connectivity index (χ4n) is 4.83. The number of rotatable bonds is 5. The van der Waals surface area contributed by atoms with Crippen molar-refractivity contribution in [1.82, 2.24) is 30.0 Å². The quantitative estimate of drug-likeness (QED) is 0.385. The lowest BCUT2D eigenvalue weighted by atomic mass is 10.0. The minimum atomic E-state index is -0.219. The van der Waals surface area contributed by atoms with Crippen LogP contribution in [0.15, 0.2) is 65.7 Å². The molecule has 0 unspecified atom stereocenters. The van der Waals surface area contributed by atoms with Gasteiger partial charge in [0, 0.05) is 38.0 Å². The Hall–Kier alpha value is -4.73. The van der Waals surface area contributed by atoms with E-state index in [1.807, 2.05) is 53.4 Å². The van der Waals surface area contributed by atoms with Crippen molar-refractivity contribution in [3.05, 3.63) is 88.1 Å². The summed E-state index contributed by atoms with van der Waals surface area (Å²) in [6.07, 6.45) is 2.10. The number of carbonyl (C=O) groups excluding carboxylic acids is 1. The van der Waals surface area contributed by atoms with Crippen molar-refractivity contribution in [2.45, 2.75) is 6.42 Å². The number of carbonyl (C=O) groups is 1. The van der Waals surface area contributed by atoms with Crippen molar-refractivity contribution in [3.63, 3.8) is 0 Å². The molecule has 10 heteroatoms. The largest absolute Gasteiger partial charge is 0.496 e. The van der Waals surface area contributed by atoms with E-state index in [1.165, 1.54) is 0 Å². The van der Waals surface area contributed by atoms with E-state index in [9.17, 15) is 9.59 Å². The zero-order valence-electron chi connectivity index (χ0n) is 20.3. The SMILES string of the molecule is COc1ccc(Cc2n[nH]c(=O)c3ccccc23)cc1C(=O)N1CCN(c2ccc3[nH]cnc3n2)CC1. The highest BCUT2D eigenvalue weighted by molar-refractivity contribution is 5.97. The zero-order chi connectivity index (χ0) is 25.4. The second-order valence-corrected chi connectivity index (χ2v) is 8.98. The number of anilines is 1. The maximum Gasteiger partial charge on any atom is 0.272 e. The summed E-state index contributed by atoms with van der Waals surface area (Å²) in [5, 5.41) is 8.25. The summed E-state index contributed by atoms with van der Waals surface area (Å²) in [4.78, 5) is 41.6. The number of hydrogen-bond donors (Lipinski definition) is 2. The molecule has 37 heavy (non-hydrogen) atoms. The van der Waals surface area contributed by atoms with Crippen LogP contribution in [-0.2, 0) is 6.42 Å². The number of pyridine rings is 1. The first-order valence-corrected chi connectivity index (χ1v) is 12.1. The summed E-state index contributed by atoms with van der Waals surface area (Å²) in [6.45, 7) is 2.48. The molecular weight excluding hydrogens is 470 g/mol. The number of nitrogens with one attached hydrogen (secondary N) is 2. The predicted octanol–water partition coefficient (Wildman–Crippen LogP) is 2.76. The van der Waals surface area contributed by atoms with Crippen LogP contribution in [-0.4, -0.2) is 69.2 Å². The highest BCUT2D eigenvalue weighted by Gasteiger charge is 2.25. The zero-order valence-corrected chi connectivity index (χ0v) is 20.3. The standard InChI is InChI=1S/C27H25N7O3/c1-37-23-8-6-17(15-22-18-4-2-3-5-19(18)26(35)32-31-22)14-20(23)27(36)34-12-10-33(11-13-34)24-9-7-21-25(30-24)29-16-28-21/h2-9,14,16H,10-13,15H2,1H3,(H,32,35)(H,28,29,30). The number of benzene rings is 2. The highest BCUT2D eigenvalue weighted by atomic mass is 16.5. The summed E-state index contributed by atoms with van der Waals surface area (Å²) < 4.78 is 5.53. The number of fused-ring (bicyclic) bond motifs is 2. The van der Waals surface area contributed by atoms with Crippen LogP contribution in [0, 0.1) is 0 Å². The fourth-order valence-corrected chi connectivity index (χ4v) is 4.83. The van der Waals surface area contributed by atoms with Gasteiger partial charge in [-0.1, -0.05) is 24.3 Å². The van der Waals surface area contributed by atoms with Gasteiger partial charge in [0.15, 0.2) is 5.65 Å². The molecule has 6 rings (SSSR count). The van der Waals surface area contributed by atoms with E-state index in [0.29, 0.717) is 54.9 Å². The molecule has 1 aliphatic rings. The maximum absolute atomic E-state index is 13.6. The van der Waals surface area contributed by atoms with E-state index in [1.54, 1.807) is 19.5 Å². The third-order valence-corrected chi connectivity index (χ3v) is 6.80. The third-order valence-electron chi connectivity index (χ3n) is 6.80. The second kappa shape index (κ2) is 9.38. The molecule has 1 fully saturated rings. The smallest absolute Gasteiger partial charge is 0.272 e. The van der Waals surface area contributed by atoms with Crippen molar-refractivity contribution < 1.29 is 9.53 Å². The van der Waals surface area contributed by atoms with Crippen LogP contribution >= 0.6 is 0 Å². The summed E-state index contributed by atoms with van der Waals surface area (Å²) >= 11 is 0. The molecule has 1 amide bonds.